The predicted octanol–water partition coefficient (Wildman–Crippen LogP) is 0.114. The van der Waals surface area contributed by atoms with Crippen molar-refractivity contribution in [1.29, 1.82) is 0 Å². The monoisotopic (exact) mass is 307 g/mol. The quantitative estimate of drug-likeness (QED) is 0.755. The Morgan fingerprint density at radius 2 is 1.64 bits per heavy atom. The number of anilines is 1. The Kier molecular flexibility index (Phi) is 6.37. The molecule has 0 bridgehead atoms. The summed E-state index contributed by atoms with van der Waals surface area (Å²) in [4.78, 5) is 37.8. The Hall–Kier alpha value is -2.57. The number of hydrogen-bond donors (Lipinski definition) is 1. The van der Waals surface area contributed by atoms with Crippen LogP contribution in [-0.2, 0) is 14.3 Å². The third kappa shape index (κ3) is 5.43. The number of nitrogens with one attached hydrogen (secondary N) is 1. The summed E-state index contributed by atoms with van der Waals surface area (Å²) >= 11 is 0. The minimum atomic E-state index is -0.584. The summed E-state index contributed by atoms with van der Waals surface area (Å²) in [5, 5.41) is 2.38. The van der Waals surface area contributed by atoms with E-state index in [1.54, 1.807) is 38.4 Å². The maximum absolute atomic E-state index is 11.8. The number of benzene rings is 1. The Morgan fingerprint density at radius 1 is 1.05 bits per heavy atom. The SMILES string of the molecule is CN(C)C(=O)CNC(=O)COC(=O)c1ccc(N(C)C)cc1. The van der Waals surface area contributed by atoms with E-state index in [-0.39, 0.29) is 12.5 Å². The number of nitrogens with zero attached hydrogens (tertiary/aromatic N) is 2. The zero-order valence-electron chi connectivity index (χ0n) is 13.3. The number of ether oxygens (including phenoxy) is 1. The normalized spacial score (nSPS) is 9.82. The van der Waals surface area contributed by atoms with Gasteiger partial charge in [0.2, 0.25) is 5.91 Å². The lowest BCUT2D eigenvalue weighted by atomic mass is 10.2. The number of amides is 2. The molecule has 0 aliphatic heterocycles. The summed E-state index contributed by atoms with van der Waals surface area (Å²) in [5.41, 5.74) is 1.32. The molecule has 0 atom stereocenters. The van der Waals surface area contributed by atoms with Gasteiger partial charge in [-0.05, 0) is 24.3 Å². The number of carbonyl (C=O) groups is 3. The largest absolute Gasteiger partial charge is 0.452 e. The molecule has 0 saturated heterocycles. The molecule has 7 nitrogen and oxygen atoms in total. The van der Waals surface area contributed by atoms with Gasteiger partial charge in [0.1, 0.15) is 0 Å². The zero-order valence-corrected chi connectivity index (χ0v) is 13.3. The second-order valence-electron chi connectivity index (χ2n) is 5.08. The van der Waals surface area contributed by atoms with Gasteiger partial charge in [-0.25, -0.2) is 4.79 Å². The molecule has 0 radical (unpaired) electrons. The van der Waals surface area contributed by atoms with Crippen LogP contribution in [-0.4, -0.2) is 64.0 Å². The lowest BCUT2D eigenvalue weighted by Gasteiger charge is -2.12. The minimum Gasteiger partial charge on any atom is -0.452 e. The van der Waals surface area contributed by atoms with E-state index < -0.39 is 18.5 Å². The van der Waals surface area contributed by atoms with Crippen LogP contribution in [0.4, 0.5) is 5.69 Å². The summed E-state index contributed by atoms with van der Waals surface area (Å²) in [6.45, 7) is -0.546. The Morgan fingerprint density at radius 3 is 2.14 bits per heavy atom. The molecule has 1 aromatic carbocycles. The van der Waals surface area contributed by atoms with E-state index in [2.05, 4.69) is 5.32 Å². The molecule has 0 aliphatic carbocycles. The number of hydrogen-bond acceptors (Lipinski definition) is 5. The highest BCUT2D eigenvalue weighted by atomic mass is 16.5. The van der Waals surface area contributed by atoms with E-state index in [4.69, 9.17) is 4.74 Å². The Balaban J connectivity index is 2.42. The first-order valence-corrected chi connectivity index (χ1v) is 6.72. The molecular weight excluding hydrogens is 286 g/mol. The van der Waals surface area contributed by atoms with Crippen LogP contribution in [0.1, 0.15) is 10.4 Å². The van der Waals surface area contributed by atoms with E-state index in [0.717, 1.165) is 5.69 Å². The van der Waals surface area contributed by atoms with Gasteiger partial charge in [-0.2, -0.15) is 0 Å². The van der Waals surface area contributed by atoms with Crippen LogP contribution >= 0.6 is 0 Å². The van der Waals surface area contributed by atoms with Gasteiger partial charge in [-0.1, -0.05) is 0 Å². The van der Waals surface area contributed by atoms with Crippen molar-refractivity contribution < 1.29 is 19.1 Å². The maximum Gasteiger partial charge on any atom is 0.338 e. The molecule has 1 rings (SSSR count). The second-order valence-corrected chi connectivity index (χ2v) is 5.08. The van der Waals surface area contributed by atoms with Crippen molar-refractivity contribution >= 4 is 23.5 Å². The van der Waals surface area contributed by atoms with Gasteiger partial charge in [0.25, 0.3) is 5.91 Å². The van der Waals surface area contributed by atoms with E-state index in [9.17, 15) is 14.4 Å². The van der Waals surface area contributed by atoms with Crippen LogP contribution in [0.25, 0.3) is 0 Å². The number of esters is 1. The van der Waals surface area contributed by atoms with Crippen LogP contribution in [0, 0.1) is 0 Å². The summed E-state index contributed by atoms with van der Waals surface area (Å²) in [6.07, 6.45) is 0. The van der Waals surface area contributed by atoms with Gasteiger partial charge in [0, 0.05) is 33.9 Å². The first-order chi connectivity index (χ1) is 10.3. The number of likely N-dealkylation sites (N-methyl/N-ethyl adjacent to an activating group) is 1. The maximum atomic E-state index is 11.8. The molecule has 0 saturated carbocycles. The minimum absolute atomic E-state index is 0.124. The van der Waals surface area contributed by atoms with Gasteiger partial charge < -0.3 is 19.9 Å². The lowest BCUT2D eigenvalue weighted by molar-refractivity contribution is -0.131. The molecule has 7 heteroatoms. The first-order valence-electron chi connectivity index (χ1n) is 6.72. The van der Waals surface area contributed by atoms with Gasteiger partial charge >= 0.3 is 5.97 Å². The molecule has 2 amide bonds. The molecule has 1 N–H and O–H groups in total. The number of rotatable bonds is 6. The van der Waals surface area contributed by atoms with Crippen molar-refractivity contribution in [2.75, 3.05) is 46.2 Å². The van der Waals surface area contributed by atoms with Crippen LogP contribution < -0.4 is 10.2 Å². The van der Waals surface area contributed by atoms with E-state index in [1.807, 2.05) is 19.0 Å². The highest BCUT2D eigenvalue weighted by Gasteiger charge is 2.11. The fraction of sp³-hybridized carbons (Fsp3) is 0.400. The lowest BCUT2D eigenvalue weighted by Crippen LogP contribution is -2.38. The zero-order chi connectivity index (χ0) is 16.7. The topological polar surface area (TPSA) is 79.0 Å². The third-order valence-electron chi connectivity index (χ3n) is 2.89. The molecule has 0 fully saturated rings. The Bertz CT molecular complexity index is 538. The molecule has 0 aliphatic rings. The second kappa shape index (κ2) is 8.02. The van der Waals surface area contributed by atoms with E-state index in [1.165, 1.54) is 4.90 Å². The fourth-order valence-corrected chi connectivity index (χ4v) is 1.49. The average Bonchev–Trinajstić information content (AvgIpc) is 2.50. The van der Waals surface area contributed by atoms with Gasteiger partial charge in [0.15, 0.2) is 6.61 Å². The van der Waals surface area contributed by atoms with Crippen LogP contribution in [0.15, 0.2) is 24.3 Å². The predicted molar refractivity (Wildman–Crippen MR) is 82.8 cm³/mol. The summed E-state index contributed by atoms with van der Waals surface area (Å²) in [7, 11) is 6.97. The number of carbonyl (C=O) groups excluding carboxylic acids is 3. The molecular formula is C15H21N3O4. The summed E-state index contributed by atoms with van der Waals surface area (Å²) in [5.74, 6) is -1.34. The fourth-order valence-electron chi connectivity index (χ4n) is 1.49. The van der Waals surface area contributed by atoms with Gasteiger partial charge in [-0.3, -0.25) is 9.59 Å². The van der Waals surface area contributed by atoms with Crippen molar-refractivity contribution in [3.8, 4) is 0 Å². The van der Waals surface area contributed by atoms with Crippen molar-refractivity contribution in [3.63, 3.8) is 0 Å². The third-order valence-corrected chi connectivity index (χ3v) is 2.89. The Labute approximate surface area is 129 Å². The first kappa shape index (κ1) is 17.5. The van der Waals surface area contributed by atoms with Crippen LogP contribution in [0.3, 0.4) is 0 Å². The van der Waals surface area contributed by atoms with Crippen molar-refractivity contribution in [2.24, 2.45) is 0 Å². The highest BCUT2D eigenvalue weighted by molar-refractivity contribution is 5.92. The van der Waals surface area contributed by atoms with Crippen LogP contribution in [0.5, 0.6) is 0 Å². The van der Waals surface area contributed by atoms with E-state index in [0.29, 0.717) is 5.56 Å². The molecule has 0 unspecified atom stereocenters. The highest BCUT2D eigenvalue weighted by Crippen LogP contribution is 2.12. The van der Waals surface area contributed by atoms with Crippen molar-refractivity contribution in [2.45, 2.75) is 0 Å². The smallest absolute Gasteiger partial charge is 0.338 e. The standard InChI is InChI=1S/C15H21N3O4/c1-17(2)12-7-5-11(6-8-12)15(21)22-10-13(19)16-9-14(20)18(3)4/h5-8H,9-10H2,1-4H3,(H,16,19). The molecule has 0 heterocycles. The molecule has 0 spiro atoms. The van der Waals surface area contributed by atoms with Crippen LogP contribution in [0.2, 0.25) is 0 Å². The summed E-state index contributed by atoms with van der Waals surface area (Å²) < 4.78 is 4.89. The summed E-state index contributed by atoms with van der Waals surface area (Å²) in [6, 6.07) is 6.83. The van der Waals surface area contributed by atoms with Gasteiger partial charge in [0.05, 0.1) is 12.1 Å². The van der Waals surface area contributed by atoms with Crippen molar-refractivity contribution in [1.82, 2.24) is 10.2 Å². The molecule has 0 aromatic heterocycles. The van der Waals surface area contributed by atoms with Gasteiger partial charge in [-0.15, -0.1) is 0 Å². The molecule has 120 valence electrons. The molecule has 1 aromatic rings. The van der Waals surface area contributed by atoms with E-state index >= 15 is 0 Å². The average molecular weight is 307 g/mol. The molecule has 22 heavy (non-hydrogen) atoms. The van der Waals surface area contributed by atoms with Crippen molar-refractivity contribution in [3.05, 3.63) is 29.8 Å².